The van der Waals surface area contributed by atoms with E-state index in [1.807, 2.05) is 24.3 Å². The first-order valence-electron chi connectivity index (χ1n) is 4.71. The summed E-state index contributed by atoms with van der Waals surface area (Å²) < 4.78 is 6.26. The summed E-state index contributed by atoms with van der Waals surface area (Å²) in [6, 6.07) is 7.93. The van der Waals surface area contributed by atoms with Crippen LogP contribution in [0.2, 0.25) is 0 Å². The highest BCUT2D eigenvalue weighted by Crippen LogP contribution is 2.26. The van der Waals surface area contributed by atoms with Crippen LogP contribution in [0.15, 0.2) is 39.5 Å². The van der Waals surface area contributed by atoms with Crippen LogP contribution in [0.4, 0.5) is 0 Å². The fourth-order valence-corrected chi connectivity index (χ4v) is 1.86. The molecule has 0 fully saturated rings. The average Bonchev–Trinajstić information content (AvgIpc) is 2.66. The van der Waals surface area contributed by atoms with E-state index in [4.69, 9.17) is 10.3 Å². The second-order valence-corrected chi connectivity index (χ2v) is 4.14. The number of rotatable bonds is 3. The van der Waals surface area contributed by atoms with Crippen molar-refractivity contribution in [3.63, 3.8) is 0 Å². The summed E-state index contributed by atoms with van der Waals surface area (Å²) in [4.78, 5) is 0. The van der Waals surface area contributed by atoms with Gasteiger partial charge in [-0.05, 0) is 25.1 Å². The number of nitrogens with zero attached hydrogens (tertiary/aromatic N) is 1. The van der Waals surface area contributed by atoms with E-state index >= 15 is 0 Å². The number of halogens is 1. The smallest absolute Gasteiger partial charge is 0.170 e. The lowest BCUT2D eigenvalue weighted by Crippen LogP contribution is -2.02. The Kier molecular flexibility index (Phi) is 3.18. The highest BCUT2D eigenvalue weighted by Gasteiger charge is 2.09. The third-order valence-corrected chi connectivity index (χ3v) is 2.64. The molecule has 0 unspecified atom stereocenters. The zero-order valence-electron chi connectivity index (χ0n) is 8.11. The van der Waals surface area contributed by atoms with Gasteiger partial charge in [0.05, 0.1) is 6.20 Å². The minimum atomic E-state index is 0.599. The number of benzene rings is 1. The zero-order chi connectivity index (χ0) is 10.7. The molecule has 0 saturated heterocycles. The maximum atomic E-state index is 5.52. The van der Waals surface area contributed by atoms with Gasteiger partial charge in [-0.3, -0.25) is 0 Å². The summed E-state index contributed by atoms with van der Waals surface area (Å²) in [5, 5.41) is 3.80. The maximum absolute atomic E-state index is 5.52. The minimum Gasteiger partial charge on any atom is -0.356 e. The van der Waals surface area contributed by atoms with Gasteiger partial charge in [0.25, 0.3) is 0 Å². The van der Waals surface area contributed by atoms with Crippen LogP contribution in [-0.2, 0) is 6.42 Å². The van der Waals surface area contributed by atoms with E-state index in [0.29, 0.717) is 6.54 Å². The first-order valence-corrected chi connectivity index (χ1v) is 5.50. The molecule has 2 rings (SSSR count). The highest BCUT2D eigenvalue weighted by molar-refractivity contribution is 9.10. The lowest BCUT2D eigenvalue weighted by Gasteiger charge is -2.00. The molecule has 78 valence electrons. The van der Waals surface area contributed by atoms with Crippen molar-refractivity contribution >= 4 is 15.9 Å². The molecule has 3 nitrogen and oxygen atoms in total. The third kappa shape index (κ3) is 2.27. The Balaban J connectivity index is 2.40. The van der Waals surface area contributed by atoms with E-state index in [-0.39, 0.29) is 0 Å². The van der Waals surface area contributed by atoms with Gasteiger partial charge in [-0.25, -0.2) is 0 Å². The minimum absolute atomic E-state index is 0.599. The zero-order valence-corrected chi connectivity index (χ0v) is 9.70. The van der Waals surface area contributed by atoms with Crippen LogP contribution in [0.1, 0.15) is 5.56 Å². The van der Waals surface area contributed by atoms with Gasteiger partial charge >= 0.3 is 0 Å². The van der Waals surface area contributed by atoms with E-state index in [1.54, 1.807) is 6.20 Å². The summed E-state index contributed by atoms with van der Waals surface area (Å²) >= 11 is 3.42. The van der Waals surface area contributed by atoms with Crippen LogP contribution in [0.3, 0.4) is 0 Å². The molecule has 0 atom stereocenters. The Hall–Kier alpha value is -1.13. The summed E-state index contributed by atoms with van der Waals surface area (Å²) in [5.74, 6) is 0.807. The van der Waals surface area contributed by atoms with Crippen molar-refractivity contribution in [1.29, 1.82) is 0 Å². The standard InChI is InChI=1S/C11H11BrN2O/c12-10-3-1-2-8(6-10)11-9(4-5-13)7-14-15-11/h1-3,6-7H,4-5,13H2. The Labute approximate surface area is 96.4 Å². The first-order chi connectivity index (χ1) is 7.31. The molecule has 0 spiro atoms. The van der Waals surface area contributed by atoms with Crippen molar-refractivity contribution < 1.29 is 4.52 Å². The number of nitrogens with two attached hydrogens (primary N) is 1. The molecule has 2 N–H and O–H groups in total. The molecule has 0 aliphatic rings. The van der Waals surface area contributed by atoms with Crippen molar-refractivity contribution in [2.24, 2.45) is 5.73 Å². The number of hydrogen-bond donors (Lipinski definition) is 1. The molecule has 1 heterocycles. The highest BCUT2D eigenvalue weighted by atomic mass is 79.9. The van der Waals surface area contributed by atoms with Crippen LogP contribution in [0, 0.1) is 0 Å². The average molecular weight is 267 g/mol. The third-order valence-electron chi connectivity index (χ3n) is 2.14. The van der Waals surface area contributed by atoms with Crippen molar-refractivity contribution in [2.75, 3.05) is 6.54 Å². The molecule has 0 aliphatic heterocycles. The molecule has 0 saturated carbocycles. The fourth-order valence-electron chi connectivity index (χ4n) is 1.46. The molecule has 0 amide bonds. The van der Waals surface area contributed by atoms with Crippen LogP contribution >= 0.6 is 15.9 Å². The Bertz CT molecular complexity index is 453. The molecule has 0 bridgehead atoms. The van der Waals surface area contributed by atoms with Gasteiger partial charge in [-0.2, -0.15) is 0 Å². The predicted octanol–water partition coefficient (Wildman–Crippen LogP) is 2.61. The number of hydrogen-bond acceptors (Lipinski definition) is 3. The van der Waals surface area contributed by atoms with Crippen molar-refractivity contribution in [1.82, 2.24) is 5.16 Å². The maximum Gasteiger partial charge on any atom is 0.170 e. The van der Waals surface area contributed by atoms with E-state index < -0.39 is 0 Å². The van der Waals surface area contributed by atoms with Crippen molar-refractivity contribution in [3.8, 4) is 11.3 Å². The van der Waals surface area contributed by atoms with Gasteiger partial charge in [-0.1, -0.05) is 33.2 Å². The molecule has 4 heteroatoms. The molecule has 0 radical (unpaired) electrons. The Morgan fingerprint density at radius 2 is 2.27 bits per heavy atom. The van der Waals surface area contributed by atoms with Crippen LogP contribution < -0.4 is 5.73 Å². The molecule has 15 heavy (non-hydrogen) atoms. The van der Waals surface area contributed by atoms with E-state index in [9.17, 15) is 0 Å². The second-order valence-electron chi connectivity index (χ2n) is 3.23. The second kappa shape index (κ2) is 4.59. The number of aromatic nitrogens is 1. The van der Waals surface area contributed by atoms with Crippen LogP contribution in [0.25, 0.3) is 11.3 Å². The summed E-state index contributed by atoms with van der Waals surface area (Å²) in [7, 11) is 0. The van der Waals surface area contributed by atoms with Gasteiger partial charge in [0.1, 0.15) is 0 Å². The molecular formula is C11H11BrN2O. The van der Waals surface area contributed by atoms with Gasteiger partial charge in [-0.15, -0.1) is 0 Å². The van der Waals surface area contributed by atoms with Crippen LogP contribution in [-0.4, -0.2) is 11.7 Å². The molecule has 0 aliphatic carbocycles. The van der Waals surface area contributed by atoms with E-state index in [1.165, 1.54) is 0 Å². The summed E-state index contributed by atoms with van der Waals surface area (Å²) in [6.45, 7) is 0.599. The van der Waals surface area contributed by atoms with E-state index in [2.05, 4.69) is 21.1 Å². The molecule has 1 aromatic carbocycles. The molecule has 2 aromatic rings. The quantitative estimate of drug-likeness (QED) is 0.929. The van der Waals surface area contributed by atoms with Crippen molar-refractivity contribution in [2.45, 2.75) is 6.42 Å². The van der Waals surface area contributed by atoms with Gasteiger partial charge in [0.2, 0.25) is 0 Å². The van der Waals surface area contributed by atoms with Crippen LogP contribution in [0.5, 0.6) is 0 Å². The Morgan fingerprint density at radius 1 is 1.40 bits per heavy atom. The van der Waals surface area contributed by atoms with E-state index in [0.717, 1.165) is 27.8 Å². The SMILES string of the molecule is NCCc1cnoc1-c1cccc(Br)c1. The Morgan fingerprint density at radius 3 is 3.00 bits per heavy atom. The van der Waals surface area contributed by atoms with Gasteiger partial charge < -0.3 is 10.3 Å². The molecular weight excluding hydrogens is 256 g/mol. The lowest BCUT2D eigenvalue weighted by molar-refractivity contribution is 0.431. The van der Waals surface area contributed by atoms with Crippen molar-refractivity contribution in [3.05, 3.63) is 40.5 Å². The lowest BCUT2D eigenvalue weighted by atomic mass is 10.1. The monoisotopic (exact) mass is 266 g/mol. The summed E-state index contributed by atoms with van der Waals surface area (Å²) in [5.41, 5.74) is 7.59. The fraction of sp³-hybridized carbons (Fsp3) is 0.182. The topological polar surface area (TPSA) is 52.0 Å². The first kappa shape index (κ1) is 10.4. The normalized spacial score (nSPS) is 10.5. The van der Waals surface area contributed by atoms with Gasteiger partial charge in [0.15, 0.2) is 5.76 Å². The summed E-state index contributed by atoms with van der Waals surface area (Å²) in [6.07, 6.45) is 2.51. The van der Waals surface area contributed by atoms with Gasteiger partial charge in [0, 0.05) is 15.6 Å². The largest absolute Gasteiger partial charge is 0.356 e. The predicted molar refractivity (Wildman–Crippen MR) is 62.4 cm³/mol. The molecule has 1 aromatic heterocycles.